The van der Waals surface area contributed by atoms with Crippen molar-refractivity contribution >= 4 is 5.91 Å². The van der Waals surface area contributed by atoms with Crippen molar-refractivity contribution in [1.82, 2.24) is 25.2 Å². The van der Waals surface area contributed by atoms with Gasteiger partial charge in [-0.2, -0.15) is 0 Å². The molecule has 1 aromatic carbocycles. The third-order valence-electron chi connectivity index (χ3n) is 5.88. The molecule has 0 saturated carbocycles. The second-order valence-corrected chi connectivity index (χ2v) is 7.65. The van der Waals surface area contributed by atoms with Crippen LogP contribution in [0.3, 0.4) is 0 Å². The SMILES string of the molecule is O=C(NCc1ccccc1)[C@H]1CN2CCC1C[C@@H]2Cn1cc(CCO)nn1. The Morgan fingerprint density at radius 3 is 2.89 bits per heavy atom. The first-order valence-corrected chi connectivity index (χ1v) is 9.78. The van der Waals surface area contributed by atoms with Gasteiger partial charge < -0.3 is 10.4 Å². The monoisotopic (exact) mass is 369 g/mol. The summed E-state index contributed by atoms with van der Waals surface area (Å²) in [7, 11) is 0. The number of aliphatic hydroxyl groups is 1. The number of aromatic nitrogens is 3. The van der Waals surface area contributed by atoms with Crippen LogP contribution >= 0.6 is 0 Å². The highest BCUT2D eigenvalue weighted by atomic mass is 16.3. The number of hydrogen-bond acceptors (Lipinski definition) is 5. The van der Waals surface area contributed by atoms with Crippen LogP contribution in [0.1, 0.15) is 24.1 Å². The lowest BCUT2D eigenvalue weighted by molar-refractivity contribution is -0.133. The van der Waals surface area contributed by atoms with Crippen LogP contribution in [-0.2, 0) is 24.3 Å². The number of carbonyl (C=O) groups excluding carboxylic acids is 1. The molecule has 0 radical (unpaired) electrons. The lowest BCUT2D eigenvalue weighted by Gasteiger charge is -2.49. The van der Waals surface area contributed by atoms with Crippen molar-refractivity contribution < 1.29 is 9.90 Å². The van der Waals surface area contributed by atoms with Gasteiger partial charge >= 0.3 is 0 Å². The first kappa shape index (κ1) is 18.1. The third-order valence-corrected chi connectivity index (χ3v) is 5.88. The summed E-state index contributed by atoms with van der Waals surface area (Å²) in [6.45, 7) is 3.37. The van der Waals surface area contributed by atoms with Crippen LogP contribution in [-0.4, -0.2) is 56.6 Å². The molecule has 4 atom stereocenters. The van der Waals surface area contributed by atoms with Crippen molar-refractivity contribution in [3.63, 3.8) is 0 Å². The Hall–Kier alpha value is -2.25. The molecule has 2 unspecified atom stereocenters. The van der Waals surface area contributed by atoms with E-state index in [1.165, 1.54) is 0 Å². The second-order valence-electron chi connectivity index (χ2n) is 7.65. The molecule has 0 aliphatic carbocycles. The van der Waals surface area contributed by atoms with Gasteiger partial charge in [0, 0.05) is 38.4 Å². The molecule has 1 amide bonds. The smallest absolute Gasteiger partial charge is 0.224 e. The molecule has 3 fully saturated rings. The van der Waals surface area contributed by atoms with E-state index >= 15 is 0 Å². The Labute approximate surface area is 159 Å². The number of piperidine rings is 3. The highest BCUT2D eigenvalue weighted by Crippen LogP contribution is 2.36. The zero-order chi connectivity index (χ0) is 18.6. The zero-order valence-corrected chi connectivity index (χ0v) is 15.5. The average molecular weight is 369 g/mol. The van der Waals surface area contributed by atoms with Gasteiger partial charge in [0.15, 0.2) is 0 Å². The van der Waals surface area contributed by atoms with Crippen LogP contribution in [0.15, 0.2) is 36.5 Å². The van der Waals surface area contributed by atoms with Crippen LogP contribution in [0.5, 0.6) is 0 Å². The highest BCUT2D eigenvalue weighted by molar-refractivity contribution is 5.79. The van der Waals surface area contributed by atoms with E-state index in [0.717, 1.165) is 43.7 Å². The Morgan fingerprint density at radius 1 is 1.30 bits per heavy atom. The molecular weight excluding hydrogens is 342 g/mol. The second kappa shape index (κ2) is 8.19. The van der Waals surface area contributed by atoms with Crippen molar-refractivity contribution in [2.75, 3.05) is 19.7 Å². The topological polar surface area (TPSA) is 83.3 Å². The van der Waals surface area contributed by atoms with Gasteiger partial charge in [-0.15, -0.1) is 5.10 Å². The molecule has 7 heteroatoms. The van der Waals surface area contributed by atoms with Gasteiger partial charge in [0.25, 0.3) is 0 Å². The van der Waals surface area contributed by atoms with E-state index in [2.05, 4.69) is 20.5 Å². The number of hydrogen-bond donors (Lipinski definition) is 2. The van der Waals surface area contributed by atoms with Gasteiger partial charge in [0.05, 0.1) is 18.2 Å². The van der Waals surface area contributed by atoms with Crippen molar-refractivity contribution in [2.45, 2.75) is 38.4 Å². The summed E-state index contributed by atoms with van der Waals surface area (Å²) >= 11 is 0. The predicted octanol–water partition coefficient (Wildman–Crippen LogP) is 0.840. The molecule has 3 aliphatic rings. The first-order valence-electron chi connectivity index (χ1n) is 9.78. The van der Waals surface area contributed by atoms with E-state index in [1.807, 2.05) is 41.2 Å². The summed E-state index contributed by atoms with van der Waals surface area (Å²) in [5, 5.41) is 20.4. The summed E-state index contributed by atoms with van der Waals surface area (Å²) in [5.41, 5.74) is 1.96. The summed E-state index contributed by atoms with van der Waals surface area (Å²) in [6, 6.07) is 10.5. The van der Waals surface area contributed by atoms with Crippen molar-refractivity contribution in [1.29, 1.82) is 0 Å². The lowest BCUT2D eigenvalue weighted by Crippen LogP contribution is -2.58. The van der Waals surface area contributed by atoms with Crippen LogP contribution in [0, 0.1) is 11.8 Å². The minimum Gasteiger partial charge on any atom is -0.396 e. The minimum absolute atomic E-state index is 0.0828. The van der Waals surface area contributed by atoms with Gasteiger partial charge in [0.2, 0.25) is 5.91 Å². The number of aliphatic hydroxyl groups excluding tert-OH is 1. The minimum atomic E-state index is 0.0828. The van der Waals surface area contributed by atoms with E-state index in [-0.39, 0.29) is 18.4 Å². The molecule has 7 nitrogen and oxygen atoms in total. The molecular formula is C20H27N5O2. The maximum absolute atomic E-state index is 12.7. The van der Waals surface area contributed by atoms with Crippen LogP contribution in [0.2, 0.25) is 0 Å². The Balaban J connectivity index is 1.32. The van der Waals surface area contributed by atoms with Crippen LogP contribution in [0.25, 0.3) is 0 Å². The van der Waals surface area contributed by atoms with E-state index in [1.54, 1.807) is 0 Å². The summed E-state index contributed by atoms with van der Waals surface area (Å²) in [4.78, 5) is 15.1. The Morgan fingerprint density at radius 2 is 2.15 bits per heavy atom. The van der Waals surface area contributed by atoms with Crippen molar-refractivity contribution in [3.05, 3.63) is 47.8 Å². The fourth-order valence-corrected chi connectivity index (χ4v) is 4.41. The third kappa shape index (κ3) is 4.20. The van der Waals surface area contributed by atoms with E-state index < -0.39 is 0 Å². The molecule has 0 spiro atoms. The molecule has 3 aliphatic heterocycles. The quantitative estimate of drug-likeness (QED) is 0.756. The van der Waals surface area contributed by atoms with Gasteiger partial charge in [-0.3, -0.25) is 14.4 Å². The maximum Gasteiger partial charge on any atom is 0.224 e. The number of nitrogens with zero attached hydrogens (tertiary/aromatic N) is 4. The summed E-state index contributed by atoms with van der Waals surface area (Å²) in [5.74, 6) is 0.702. The molecule has 27 heavy (non-hydrogen) atoms. The number of nitrogens with one attached hydrogen (secondary N) is 1. The van der Waals surface area contributed by atoms with E-state index in [4.69, 9.17) is 5.11 Å². The van der Waals surface area contributed by atoms with Crippen molar-refractivity contribution in [2.24, 2.45) is 11.8 Å². The number of carbonyl (C=O) groups is 1. The predicted molar refractivity (Wildman–Crippen MR) is 101 cm³/mol. The van der Waals surface area contributed by atoms with Crippen molar-refractivity contribution in [3.8, 4) is 0 Å². The number of rotatable bonds is 7. The first-order chi connectivity index (χ1) is 13.2. The lowest BCUT2D eigenvalue weighted by atomic mass is 9.75. The standard InChI is InChI=1S/C20H27N5O2/c26-9-7-17-12-25(23-22-17)13-18-10-16-6-8-24(18)14-19(16)20(27)21-11-15-4-2-1-3-5-15/h1-5,12,16,18-19,26H,6-11,13-14H2,(H,21,27)/t16?,18-,19+/m1/s1. The molecule has 5 rings (SSSR count). The molecule has 144 valence electrons. The average Bonchev–Trinajstić information content (AvgIpc) is 3.14. The van der Waals surface area contributed by atoms with Gasteiger partial charge in [-0.1, -0.05) is 35.5 Å². The molecule has 2 aromatic rings. The maximum atomic E-state index is 12.7. The summed E-state index contributed by atoms with van der Waals surface area (Å²) in [6.07, 6.45) is 4.58. The fourth-order valence-electron chi connectivity index (χ4n) is 4.41. The number of benzene rings is 1. The van der Waals surface area contributed by atoms with E-state index in [0.29, 0.717) is 24.9 Å². The van der Waals surface area contributed by atoms with Gasteiger partial charge in [-0.05, 0) is 30.9 Å². The zero-order valence-electron chi connectivity index (χ0n) is 15.5. The Bertz CT molecular complexity index is 763. The fraction of sp³-hybridized carbons (Fsp3) is 0.550. The van der Waals surface area contributed by atoms with Crippen LogP contribution in [0.4, 0.5) is 0 Å². The molecule has 2 N–H and O–H groups in total. The van der Waals surface area contributed by atoms with Gasteiger partial charge in [0.1, 0.15) is 0 Å². The largest absolute Gasteiger partial charge is 0.396 e. The molecule has 4 heterocycles. The molecule has 2 bridgehead atoms. The highest BCUT2D eigenvalue weighted by Gasteiger charge is 2.43. The molecule has 3 saturated heterocycles. The Kier molecular flexibility index (Phi) is 5.50. The summed E-state index contributed by atoms with van der Waals surface area (Å²) < 4.78 is 1.88. The number of fused-ring (bicyclic) bond motifs is 3. The normalized spacial score (nSPS) is 26.9. The van der Waals surface area contributed by atoms with E-state index in [9.17, 15) is 4.79 Å². The number of amides is 1. The molecule has 1 aromatic heterocycles. The van der Waals surface area contributed by atoms with Crippen LogP contribution < -0.4 is 5.32 Å². The van der Waals surface area contributed by atoms with Gasteiger partial charge in [-0.25, -0.2) is 0 Å².